The summed E-state index contributed by atoms with van der Waals surface area (Å²) in [5.74, 6) is 2.43. The lowest BCUT2D eigenvalue weighted by Crippen LogP contribution is -2.02. The van der Waals surface area contributed by atoms with Gasteiger partial charge in [-0.2, -0.15) is 0 Å². The predicted molar refractivity (Wildman–Crippen MR) is 77.7 cm³/mol. The highest BCUT2D eigenvalue weighted by Crippen LogP contribution is 2.38. The van der Waals surface area contributed by atoms with Crippen LogP contribution in [0, 0.1) is 10.1 Å². The van der Waals surface area contributed by atoms with Crippen LogP contribution < -0.4 is 4.74 Å². The third-order valence-corrected chi connectivity index (χ3v) is 3.89. The van der Waals surface area contributed by atoms with E-state index in [2.05, 4.69) is 15.2 Å². The number of rotatable bonds is 7. The summed E-state index contributed by atoms with van der Waals surface area (Å²) in [6.07, 6.45) is 2.36. The number of aromatic amines is 1. The summed E-state index contributed by atoms with van der Waals surface area (Å²) in [6, 6.07) is 6.36. The number of para-hydroxylation sites is 2. The minimum atomic E-state index is -0.445. The van der Waals surface area contributed by atoms with Crippen LogP contribution in [0.15, 0.2) is 29.4 Å². The van der Waals surface area contributed by atoms with Crippen molar-refractivity contribution in [3.8, 4) is 5.75 Å². The van der Waals surface area contributed by atoms with Gasteiger partial charge >= 0.3 is 5.69 Å². The largest absolute Gasteiger partial charge is 0.486 e. The second-order valence-corrected chi connectivity index (χ2v) is 5.76. The van der Waals surface area contributed by atoms with Crippen molar-refractivity contribution < 1.29 is 9.66 Å². The number of hydrogen-bond donors (Lipinski definition) is 1. The molecule has 0 amide bonds. The zero-order valence-electron chi connectivity index (χ0n) is 11.2. The van der Waals surface area contributed by atoms with Crippen molar-refractivity contribution in [2.45, 2.75) is 23.9 Å². The quantitative estimate of drug-likeness (QED) is 0.366. The van der Waals surface area contributed by atoms with Gasteiger partial charge in [-0.15, -0.1) is 5.10 Å². The van der Waals surface area contributed by atoms with Gasteiger partial charge in [-0.1, -0.05) is 23.9 Å². The summed E-state index contributed by atoms with van der Waals surface area (Å²) >= 11 is 1.47. The Morgan fingerprint density at radius 3 is 3.00 bits per heavy atom. The highest BCUT2D eigenvalue weighted by molar-refractivity contribution is 7.99. The summed E-state index contributed by atoms with van der Waals surface area (Å²) < 4.78 is 5.46. The minimum Gasteiger partial charge on any atom is -0.486 e. The van der Waals surface area contributed by atoms with Crippen molar-refractivity contribution in [1.29, 1.82) is 0 Å². The summed E-state index contributed by atoms with van der Waals surface area (Å²) in [7, 11) is 0. The monoisotopic (exact) mass is 306 g/mol. The van der Waals surface area contributed by atoms with Crippen molar-refractivity contribution in [2.75, 3.05) is 12.4 Å². The molecular weight excluding hydrogens is 292 g/mol. The fourth-order valence-electron chi connectivity index (χ4n) is 1.88. The molecule has 1 N–H and O–H groups in total. The molecule has 1 aromatic heterocycles. The van der Waals surface area contributed by atoms with Crippen LogP contribution in [-0.2, 0) is 0 Å². The number of ether oxygens (including phenoxy) is 1. The third kappa shape index (κ3) is 3.52. The molecule has 110 valence electrons. The SMILES string of the molecule is O=[N+]([O-])c1ccccc1OCCSc1n[nH]c(C2CC2)n1. The van der Waals surface area contributed by atoms with Crippen LogP contribution in [-0.4, -0.2) is 32.5 Å². The van der Waals surface area contributed by atoms with Crippen molar-refractivity contribution >= 4 is 17.4 Å². The van der Waals surface area contributed by atoms with Crippen molar-refractivity contribution in [3.63, 3.8) is 0 Å². The van der Waals surface area contributed by atoms with E-state index in [9.17, 15) is 10.1 Å². The van der Waals surface area contributed by atoms with Crippen LogP contribution in [0.4, 0.5) is 5.69 Å². The molecule has 0 saturated heterocycles. The molecule has 1 aliphatic carbocycles. The highest BCUT2D eigenvalue weighted by atomic mass is 32.2. The van der Waals surface area contributed by atoms with E-state index in [1.54, 1.807) is 18.2 Å². The first-order chi connectivity index (χ1) is 10.2. The normalized spacial score (nSPS) is 14.1. The van der Waals surface area contributed by atoms with Crippen LogP contribution >= 0.6 is 11.8 Å². The second-order valence-electron chi connectivity index (χ2n) is 4.70. The number of benzene rings is 1. The number of thioether (sulfide) groups is 1. The van der Waals surface area contributed by atoms with Crippen LogP contribution in [0.5, 0.6) is 5.75 Å². The Labute approximate surface area is 125 Å². The van der Waals surface area contributed by atoms with Gasteiger partial charge in [0.1, 0.15) is 5.82 Å². The molecule has 0 aliphatic heterocycles. The molecule has 1 heterocycles. The zero-order valence-corrected chi connectivity index (χ0v) is 12.0. The first kappa shape index (κ1) is 13.9. The van der Waals surface area contributed by atoms with E-state index in [1.807, 2.05) is 0 Å². The molecule has 0 spiro atoms. The highest BCUT2D eigenvalue weighted by Gasteiger charge is 2.27. The predicted octanol–water partition coefficient (Wildman–Crippen LogP) is 2.76. The van der Waals surface area contributed by atoms with E-state index in [0.717, 1.165) is 5.82 Å². The Balaban J connectivity index is 1.48. The Hall–Kier alpha value is -2.09. The molecule has 0 unspecified atom stereocenters. The van der Waals surface area contributed by atoms with E-state index in [-0.39, 0.29) is 11.4 Å². The first-order valence-corrected chi connectivity index (χ1v) is 7.64. The molecule has 3 rings (SSSR count). The maximum absolute atomic E-state index is 10.8. The summed E-state index contributed by atoms with van der Waals surface area (Å²) in [6.45, 7) is 0.364. The Morgan fingerprint density at radius 2 is 2.24 bits per heavy atom. The fraction of sp³-hybridized carbons (Fsp3) is 0.385. The standard InChI is InChI=1S/C13H14N4O3S/c18-17(19)10-3-1-2-4-11(10)20-7-8-21-13-14-12(15-16-13)9-5-6-9/h1-4,9H,5-8H2,(H,14,15,16). The van der Waals surface area contributed by atoms with Crippen LogP contribution in [0.1, 0.15) is 24.6 Å². The number of H-pyrrole nitrogens is 1. The average Bonchev–Trinajstić information content (AvgIpc) is 3.23. The van der Waals surface area contributed by atoms with Gasteiger partial charge in [0.15, 0.2) is 5.75 Å². The summed E-state index contributed by atoms with van der Waals surface area (Å²) in [4.78, 5) is 14.8. The maximum Gasteiger partial charge on any atom is 0.310 e. The smallest absolute Gasteiger partial charge is 0.310 e. The van der Waals surface area contributed by atoms with Gasteiger partial charge in [-0.25, -0.2) is 4.98 Å². The summed E-state index contributed by atoms with van der Waals surface area (Å²) in [5, 5.41) is 18.6. The Morgan fingerprint density at radius 1 is 1.43 bits per heavy atom. The van der Waals surface area contributed by atoms with Gasteiger partial charge in [-0.3, -0.25) is 15.2 Å². The van der Waals surface area contributed by atoms with Crippen molar-refractivity contribution in [2.24, 2.45) is 0 Å². The van der Waals surface area contributed by atoms with E-state index < -0.39 is 4.92 Å². The van der Waals surface area contributed by atoms with E-state index in [1.165, 1.54) is 30.7 Å². The number of nitrogens with one attached hydrogen (secondary N) is 1. The minimum absolute atomic E-state index is 0.0172. The van der Waals surface area contributed by atoms with Crippen LogP contribution in [0.25, 0.3) is 0 Å². The van der Waals surface area contributed by atoms with Gasteiger partial charge in [0.25, 0.3) is 0 Å². The van der Waals surface area contributed by atoms with Crippen LogP contribution in [0.3, 0.4) is 0 Å². The van der Waals surface area contributed by atoms with Gasteiger partial charge in [0.05, 0.1) is 11.5 Å². The maximum atomic E-state index is 10.8. The molecule has 1 fully saturated rings. The Bertz CT molecular complexity index is 642. The number of hydrogen-bond acceptors (Lipinski definition) is 6. The molecular formula is C13H14N4O3S. The number of aromatic nitrogens is 3. The molecule has 21 heavy (non-hydrogen) atoms. The lowest BCUT2D eigenvalue weighted by Gasteiger charge is -2.05. The van der Waals surface area contributed by atoms with Crippen molar-refractivity contribution in [3.05, 3.63) is 40.2 Å². The summed E-state index contributed by atoms with van der Waals surface area (Å²) in [5.41, 5.74) is -0.0172. The number of nitro benzene ring substituents is 1. The van der Waals surface area contributed by atoms with Gasteiger partial charge in [0, 0.05) is 17.7 Å². The third-order valence-electron chi connectivity index (χ3n) is 3.08. The van der Waals surface area contributed by atoms with E-state index >= 15 is 0 Å². The van der Waals surface area contributed by atoms with Gasteiger partial charge < -0.3 is 4.74 Å². The van der Waals surface area contributed by atoms with Gasteiger partial charge in [-0.05, 0) is 18.9 Å². The molecule has 2 aromatic rings. The average molecular weight is 306 g/mol. The molecule has 1 aliphatic rings. The molecule has 7 nitrogen and oxygen atoms in total. The molecule has 1 saturated carbocycles. The molecule has 8 heteroatoms. The second kappa shape index (κ2) is 6.13. The zero-order chi connectivity index (χ0) is 14.7. The lowest BCUT2D eigenvalue weighted by molar-refractivity contribution is -0.385. The molecule has 1 aromatic carbocycles. The fourth-order valence-corrected chi connectivity index (χ4v) is 2.50. The molecule has 0 atom stereocenters. The number of nitrogens with zero attached hydrogens (tertiary/aromatic N) is 3. The Kier molecular flexibility index (Phi) is 4.05. The van der Waals surface area contributed by atoms with E-state index in [4.69, 9.17) is 4.74 Å². The number of nitro groups is 1. The topological polar surface area (TPSA) is 93.9 Å². The van der Waals surface area contributed by atoms with Crippen molar-refractivity contribution in [1.82, 2.24) is 15.2 Å². The molecule has 0 bridgehead atoms. The van der Waals surface area contributed by atoms with Gasteiger partial charge in [0.2, 0.25) is 5.16 Å². The molecule has 0 radical (unpaired) electrons. The lowest BCUT2D eigenvalue weighted by atomic mass is 10.3. The van der Waals surface area contributed by atoms with E-state index in [0.29, 0.717) is 23.4 Å². The first-order valence-electron chi connectivity index (χ1n) is 6.65. The van der Waals surface area contributed by atoms with Crippen LogP contribution in [0.2, 0.25) is 0 Å².